The Morgan fingerprint density at radius 3 is 2.47 bits per heavy atom. The second-order valence-electron chi connectivity index (χ2n) is 5.01. The summed E-state index contributed by atoms with van der Waals surface area (Å²) in [6, 6.07) is 5.45. The number of amides is 1. The van der Waals surface area contributed by atoms with Crippen molar-refractivity contribution in [2.75, 3.05) is 33.7 Å². The maximum Gasteiger partial charge on any atom is 0.253 e. The zero-order chi connectivity index (χ0) is 14.4. The zero-order valence-corrected chi connectivity index (χ0v) is 13.0. The van der Waals surface area contributed by atoms with Crippen LogP contribution in [0.2, 0.25) is 5.02 Å². The summed E-state index contributed by atoms with van der Waals surface area (Å²) in [5.41, 5.74) is 1.66. The maximum atomic E-state index is 12.4. The van der Waals surface area contributed by atoms with Crippen LogP contribution in [0.3, 0.4) is 0 Å². The molecule has 19 heavy (non-hydrogen) atoms. The monoisotopic (exact) mass is 282 g/mol. The van der Waals surface area contributed by atoms with Crippen molar-refractivity contribution in [3.8, 4) is 0 Å². The minimum atomic E-state index is 0.0843. The highest BCUT2D eigenvalue weighted by molar-refractivity contribution is 6.31. The predicted molar refractivity (Wildman–Crippen MR) is 80.9 cm³/mol. The molecule has 0 saturated heterocycles. The fourth-order valence-corrected chi connectivity index (χ4v) is 2.06. The van der Waals surface area contributed by atoms with Crippen LogP contribution in [0.4, 0.5) is 0 Å². The molecule has 0 bridgehead atoms. The van der Waals surface area contributed by atoms with E-state index >= 15 is 0 Å². The third-order valence-corrected chi connectivity index (χ3v) is 3.53. The molecule has 0 fully saturated rings. The molecule has 1 aromatic rings. The van der Waals surface area contributed by atoms with Crippen molar-refractivity contribution in [3.63, 3.8) is 0 Å². The van der Waals surface area contributed by atoms with Crippen LogP contribution in [0.15, 0.2) is 18.2 Å². The summed E-state index contributed by atoms with van der Waals surface area (Å²) in [5, 5.41) is 0.701. The Balaban J connectivity index is 2.69. The first-order valence-electron chi connectivity index (χ1n) is 6.65. The standard InChI is InChI=1S/C15H23ClN2O/c1-5-18(10-6-9-17(3)4)15(19)13-7-8-14(16)12(2)11-13/h7-8,11H,5-6,9-10H2,1-4H3. The Morgan fingerprint density at radius 1 is 1.26 bits per heavy atom. The molecule has 0 spiro atoms. The van der Waals surface area contributed by atoms with E-state index < -0.39 is 0 Å². The van der Waals surface area contributed by atoms with E-state index in [-0.39, 0.29) is 5.91 Å². The topological polar surface area (TPSA) is 23.6 Å². The van der Waals surface area contributed by atoms with Crippen molar-refractivity contribution in [2.24, 2.45) is 0 Å². The molecule has 1 rings (SSSR count). The molecule has 0 atom stereocenters. The van der Waals surface area contributed by atoms with Gasteiger partial charge in [0.1, 0.15) is 0 Å². The first-order chi connectivity index (χ1) is 8.95. The molecule has 0 aliphatic heterocycles. The number of halogens is 1. The second kappa shape index (κ2) is 7.51. The minimum Gasteiger partial charge on any atom is -0.339 e. The van der Waals surface area contributed by atoms with Crippen molar-refractivity contribution >= 4 is 17.5 Å². The van der Waals surface area contributed by atoms with Gasteiger partial charge in [-0.1, -0.05) is 11.6 Å². The molecule has 1 aromatic carbocycles. The molecular weight excluding hydrogens is 260 g/mol. The van der Waals surface area contributed by atoms with E-state index in [1.165, 1.54) is 0 Å². The van der Waals surface area contributed by atoms with E-state index in [1.807, 2.05) is 38.9 Å². The van der Waals surface area contributed by atoms with Crippen molar-refractivity contribution in [2.45, 2.75) is 20.3 Å². The molecule has 3 nitrogen and oxygen atoms in total. The van der Waals surface area contributed by atoms with Gasteiger partial charge in [-0.25, -0.2) is 0 Å². The van der Waals surface area contributed by atoms with Crippen LogP contribution in [0.1, 0.15) is 29.3 Å². The number of benzene rings is 1. The molecule has 0 N–H and O–H groups in total. The van der Waals surface area contributed by atoms with Crippen LogP contribution in [0.25, 0.3) is 0 Å². The molecule has 0 aromatic heterocycles. The summed E-state index contributed by atoms with van der Waals surface area (Å²) in [6.07, 6.45) is 0.985. The molecule has 0 heterocycles. The van der Waals surface area contributed by atoms with Gasteiger partial charge < -0.3 is 9.80 Å². The Bertz CT molecular complexity index is 432. The van der Waals surface area contributed by atoms with E-state index in [1.54, 1.807) is 12.1 Å². The first-order valence-corrected chi connectivity index (χ1v) is 7.03. The SMILES string of the molecule is CCN(CCCN(C)C)C(=O)c1ccc(Cl)c(C)c1. The number of hydrogen-bond donors (Lipinski definition) is 0. The molecule has 0 unspecified atom stereocenters. The van der Waals surface area contributed by atoms with Gasteiger partial charge in [-0.3, -0.25) is 4.79 Å². The van der Waals surface area contributed by atoms with E-state index in [0.29, 0.717) is 10.6 Å². The van der Waals surface area contributed by atoms with Gasteiger partial charge >= 0.3 is 0 Å². The smallest absolute Gasteiger partial charge is 0.253 e. The molecule has 1 amide bonds. The van der Waals surface area contributed by atoms with Gasteiger partial charge in [-0.05, 0) is 64.7 Å². The van der Waals surface area contributed by atoms with Gasteiger partial charge in [0.2, 0.25) is 0 Å². The largest absolute Gasteiger partial charge is 0.339 e. The normalized spacial score (nSPS) is 10.8. The van der Waals surface area contributed by atoms with Gasteiger partial charge in [0.05, 0.1) is 0 Å². The van der Waals surface area contributed by atoms with Crippen LogP contribution in [-0.4, -0.2) is 49.4 Å². The molecule has 106 valence electrons. The Morgan fingerprint density at radius 2 is 1.95 bits per heavy atom. The lowest BCUT2D eigenvalue weighted by atomic mass is 10.1. The summed E-state index contributed by atoms with van der Waals surface area (Å²) >= 11 is 5.99. The second-order valence-corrected chi connectivity index (χ2v) is 5.41. The predicted octanol–water partition coefficient (Wildman–Crippen LogP) is 3.06. The Kier molecular flexibility index (Phi) is 6.32. The summed E-state index contributed by atoms with van der Waals surface area (Å²) in [5.74, 6) is 0.0843. The van der Waals surface area contributed by atoms with Crippen molar-refractivity contribution in [1.82, 2.24) is 9.80 Å². The van der Waals surface area contributed by atoms with Crippen molar-refractivity contribution in [1.29, 1.82) is 0 Å². The number of carbonyl (C=O) groups excluding carboxylic acids is 1. The van der Waals surface area contributed by atoms with Gasteiger partial charge in [-0.15, -0.1) is 0 Å². The molecule has 0 saturated carbocycles. The molecular formula is C15H23ClN2O. The third kappa shape index (κ3) is 4.84. The fraction of sp³-hybridized carbons (Fsp3) is 0.533. The average Bonchev–Trinajstić information content (AvgIpc) is 2.37. The van der Waals surface area contributed by atoms with Gasteiger partial charge in [0.25, 0.3) is 5.91 Å². The number of rotatable bonds is 6. The lowest BCUT2D eigenvalue weighted by Gasteiger charge is -2.22. The number of aryl methyl sites for hydroxylation is 1. The Hall–Kier alpha value is -1.06. The van der Waals surface area contributed by atoms with Crippen LogP contribution >= 0.6 is 11.6 Å². The van der Waals surface area contributed by atoms with E-state index in [0.717, 1.165) is 31.6 Å². The summed E-state index contributed by atoms with van der Waals surface area (Å²) < 4.78 is 0. The van der Waals surface area contributed by atoms with Gasteiger partial charge in [0, 0.05) is 23.7 Å². The zero-order valence-electron chi connectivity index (χ0n) is 12.2. The van der Waals surface area contributed by atoms with Crippen LogP contribution < -0.4 is 0 Å². The highest BCUT2D eigenvalue weighted by atomic mass is 35.5. The molecule has 0 aliphatic rings. The van der Waals surface area contributed by atoms with Crippen LogP contribution in [0.5, 0.6) is 0 Å². The van der Waals surface area contributed by atoms with Crippen LogP contribution in [0, 0.1) is 6.92 Å². The number of hydrogen-bond acceptors (Lipinski definition) is 2. The van der Waals surface area contributed by atoms with E-state index in [4.69, 9.17) is 11.6 Å². The average molecular weight is 283 g/mol. The maximum absolute atomic E-state index is 12.4. The Labute approximate surface area is 121 Å². The minimum absolute atomic E-state index is 0.0843. The third-order valence-electron chi connectivity index (χ3n) is 3.11. The lowest BCUT2D eigenvalue weighted by molar-refractivity contribution is 0.0759. The van der Waals surface area contributed by atoms with Crippen molar-refractivity contribution in [3.05, 3.63) is 34.3 Å². The number of nitrogens with zero attached hydrogens (tertiary/aromatic N) is 2. The van der Waals surface area contributed by atoms with Crippen LogP contribution in [-0.2, 0) is 0 Å². The highest BCUT2D eigenvalue weighted by Gasteiger charge is 2.14. The molecule has 0 aliphatic carbocycles. The fourth-order valence-electron chi connectivity index (χ4n) is 1.94. The van der Waals surface area contributed by atoms with Gasteiger partial charge in [0.15, 0.2) is 0 Å². The highest BCUT2D eigenvalue weighted by Crippen LogP contribution is 2.17. The van der Waals surface area contributed by atoms with E-state index in [9.17, 15) is 4.79 Å². The molecule has 4 heteroatoms. The summed E-state index contributed by atoms with van der Waals surface area (Å²) in [6.45, 7) is 6.43. The first kappa shape index (κ1) is 16.0. The van der Waals surface area contributed by atoms with Gasteiger partial charge in [-0.2, -0.15) is 0 Å². The number of carbonyl (C=O) groups is 1. The molecule has 0 radical (unpaired) electrons. The quantitative estimate of drug-likeness (QED) is 0.801. The van der Waals surface area contributed by atoms with Crippen molar-refractivity contribution < 1.29 is 4.79 Å². The lowest BCUT2D eigenvalue weighted by Crippen LogP contribution is -2.33. The summed E-state index contributed by atoms with van der Waals surface area (Å²) in [4.78, 5) is 16.4. The van der Waals surface area contributed by atoms with E-state index in [2.05, 4.69) is 4.90 Å². The summed E-state index contributed by atoms with van der Waals surface area (Å²) in [7, 11) is 4.08.